The maximum atomic E-state index is 12.8. The van der Waals surface area contributed by atoms with Gasteiger partial charge in [-0.05, 0) is 48.3 Å². The first-order valence-corrected chi connectivity index (χ1v) is 9.63. The molecule has 0 spiro atoms. The van der Waals surface area contributed by atoms with Crippen LogP contribution in [0, 0.1) is 5.41 Å². The Labute approximate surface area is 157 Å². The molecule has 7 heteroatoms. The number of amides is 3. The van der Waals surface area contributed by atoms with Gasteiger partial charge in [0.2, 0.25) is 11.8 Å². The molecular weight excluding hydrogens is 344 g/mol. The smallest absolute Gasteiger partial charge is 0.255 e. The van der Waals surface area contributed by atoms with Gasteiger partial charge in [0.1, 0.15) is 6.04 Å². The highest BCUT2D eigenvalue weighted by Gasteiger charge is 2.65. The van der Waals surface area contributed by atoms with Gasteiger partial charge in [0.25, 0.3) is 5.91 Å². The zero-order valence-electron chi connectivity index (χ0n) is 15.2. The van der Waals surface area contributed by atoms with Crippen molar-refractivity contribution in [1.82, 2.24) is 15.5 Å². The van der Waals surface area contributed by atoms with E-state index >= 15 is 0 Å². The third kappa shape index (κ3) is 2.60. The summed E-state index contributed by atoms with van der Waals surface area (Å²) in [5, 5.41) is 5.89. The van der Waals surface area contributed by atoms with Crippen LogP contribution in [0.5, 0.6) is 0 Å². The van der Waals surface area contributed by atoms with Crippen molar-refractivity contribution in [3.05, 3.63) is 34.9 Å². The molecule has 6 rings (SSSR count). The molecule has 1 atom stereocenters. The van der Waals surface area contributed by atoms with Gasteiger partial charge in [0.05, 0.1) is 0 Å². The highest BCUT2D eigenvalue weighted by atomic mass is 16.2. The third-order valence-corrected chi connectivity index (χ3v) is 6.68. The molecule has 1 saturated heterocycles. The molecule has 2 aliphatic heterocycles. The van der Waals surface area contributed by atoms with E-state index in [-0.39, 0.29) is 29.7 Å². The van der Waals surface area contributed by atoms with Crippen molar-refractivity contribution in [2.75, 3.05) is 6.54 Å². The summed E-state index contributed by atoms with van der Waals surface area (Å²) < 4.78 is 0. The second-order valence-corrected chi connectivity index (χ2v) is 8.84. The molecule has 3 aliphatic carbocycles. The fourth-order valence-electron chi connectivity index (χ4n) is 5.55. The minimum absolute atomic E-state index is 0.116. The lowest BCUT2D eigenvalue weighted by Gasteiger charge is -2.69. The molecule has 2 heterocycles. The normalized spacial score (nSPS) is 34.0. The Hall–Kier alpha value is -2.25. The molecule has 4 fully saturated rings. The van der Waals surface area contributed by atoms with Crippen molar-refractivity contribution in [1.29, 1.82) is 0 Å². The van der Waals surface area contributed by atoms with E-state index in [4.69, 9.17) is 5.73 Å². The maximum Gasteiger partial charge on any atom is 0.255 e. The predicted molar refractivity (Wildman–Crippen MR) is 97.4 cm³/mol. The Balaban J connectivity index is 1.27. The summed E-state index contributed by atoms with van der Waals surface area (Å²) in [7, 11) is 0. The molecule has 27 heavy (non-hydrogen) atoms. The van der Waals surface area contributed by atoms with Gasteiger partial charge in [-0.3, -0.25) is 19.7 Å². The van der Waals surface area contributed by atoms with Crippen LogP contribution in [0.2, 0.25) is 0 Å². The number of imide groups is 1. The third-order valence-electron chi connectivity index (χ3n) is 6.68. The van der Waals surface area contributed by atoms with E-state index in [0.717, 1.165) is 36.9 Å². The Morgan fingerprint density at radius 3 is 2.70 bits per heavy atom. The maximum absolute atomic E-state index is 12.8. The summed E-state index contributed by atoms with van der Waals surface area (Å²) in [6, 6.07) is 5.20. The summed E-state index contributed by atoms with van der Waals surface area (Å²) >= 11 is 0. The zero-order chi connectivity index (χ0) is 18.8. The first-order valence-electron chi connectivity index (χ1n) is 9.63. The summed E-state index contributed by atoms with van der Waals surface area (Å²) in [4.78, 5) is 38.0. The molecule has 7 nitrogen and oxygen atoms in total. The first kappa shape index (κ1) is 16.9. The van der Waals surface area contributed by atoms with Crippen LogP contribution in [0.3, 0.4) is 0 Å². The van der Waals surface area contributed by atoms with Gasteiger partial charge in [-0.15, -0.1) is 0 Å². The number of hydrogen-bond donors (Lipinski definition) is 3. The number of carbonyl (C=O) groups is 3. The van der Waals surface area contributed by atoms with E-state index in [1.165, 1.54) is 0 Å². The minimum atomic E-state index is -0.565. The van der Waals surface area contributed by atoms with Crippen LogP contribution in [0.25, 0.3) is 0 Å². The number of nitrogens with one attached hydrogen (secondary N) is 2. The molecule has 3 amide bonds. The number of carbonyl (C=O) groups excluding carboxylic acids is 3. The van der Waals surface area contributed by atoms with Crippen molar-refractivity contribution >= 4 is 17.7 Å². The zero-order valence-corrected chi connectivity index (χ0v) is 15.2. The van der Waals surface area contributed by atoms with Gasteiger partial charge >= 0.3 is 0 Å². The molecule has 2 bridgehead atoms. The van der Waals surface area contributed by atoms with Crippen molar-refractivity contribution in [2.45, 2.75) is 56.8 Å². The second kappa shape index (κ2) is 5.62. The Morgan fingerprint density at radius 2 is 2.00 bits per heavy atom. The average Bonchev–Trinajstić information content (AvgIpc) is 2.90. The molecule has 142 valence electrons. The van der Waals surface area contributed by atoms with E-state index in [9.17, 15) is 14.4 Å². The highest BCUT2D eigenvalue weighted by molar-refractivity contribution is 6.05. The number of nitrogens with two attached hydrogens (primary N) is 1. The van der Waals surface area contributed by atoms with Gasteiger partial charge in [0.15, 0.2) is 0 Å². The Morgan fingerprint density at radius 1 is 1.22 bits per heavy atom. The predicted octanol–water partition coefficient (Wildman–Crippen LogP) is 0.419. The summed E-state index contributed by atoms with van der Waals surface area (Å²) in [6.07, 6.45) is 4.00. The van der Waals surface area contributed by atoms with Crippen LogP contribution >= 0.6 is 0 Å². The average molecular weight is 368 g/mol. The van der Waals surface area contributed by atoms with Crippen molar-refractivity contribution in [3.8, 4) is 0 Å². The SMILES string of the molecule is NC12CC(CNCc3cccc4c3CN(C3CCC(=O)NC3=O)C4=O)(C1)C2. The second-order valence-electron chi connectivity index (χ2n) is 8.84. The van der Waals surface area contributed by atoms with Crippen molar-refractivity contribution in [2.24, 2.45) is 11.1 Å². The Bertz CT molecular complexity index is 845. The lowest BCUT2D eigenvalue weighted by atomic mass is 9.40. The molecule has 1 aromatic rings. The van der Waals surface area contributed by atoms with Gasteiger partial charge in [-0.25, -0.2) is 0 Å². The summed E-state index contributed by atoms with van der Waals surface area (Å²) in [6.45, 7) is 2.09. The highest BCUT2D eigenvalue weighted by Crippen LogP contribution is 2.65. The van der Waals surface area contributed by atoms with Crippen LogP contribution in [0.4, 0.5) is 0 Å². The molecule has 3 saturated carbocycles. The molecule has 1 aromatic carbocycles. The topological polar surface area (TPSA) is 105 Å². The number of rotatable bonds is 5. The van der Waals surface area contributed by atoms with E-state index in [1.54, 1.807) is 4.90 Å². The van der Waals surface area contributed by atoms with Crippen LogP contribution in [-0.2, 0) is 22.7 Å². The first-order chi connectivity index (χ1) is 12.9. The molecular formula is C20H24N4O3. The van der Waals surface area contributed by atoms with Gasteiger partial charge < -0.3 is 16.0 Å². The standard InChI is InChI=1S/C20H24N4O3/c21-20-8-19(9-20,10-20)11-22-6-12-2-1-3-13-14(12)7-24(18(13)27)15-4-5-16(25)23-17(15)26/h1-3,15,22H,4-11,21H2,(H,23,25,26). The number of piperidine rings is 1. The lowest BCUT2D eigenvalue weighted by molar-refractivity contribution is -0.137. The largest absolute Gasteiger partial charge is 0.325 e. The van der Waals surface area contributed by atoms with Gasteiger partial charge in [0, 0.05) is 37.2 Å². The quantitative estimate of drug-likeness (QED) is 0.654. The van der Waals surface area contributed by atoms with Crippen LogP contribution in [0.15, 0.2) is 18.2 Å². The number of hydrogen-bond acceptors (Lipinski definition) is 5. The number of fused-ring (bicyclic) bond motifs is 1. The van der Waals surface area contributed by atoms with Gasteiger partial charge in [-0.1, -0.05) is 12.1 Å². The van der Waals surface area contributed by atoms with Crippen LogP contribution in [-0.4, -0.2) is 40.7 Å². The van der Waals surface area contributed by atoms with Crippen molar-refractivity contribution < 1.29 is 14.4 Å². The fraction of sp³-hybridized carbons (Fsp3) is 0.550. The van der Waals surface area contributed by atoms with Crippen LogP contribution < -0.4 is 16.4 Å². The van der Waals surface area contributed by atoms with E-state index in [0.29, 0.717) is 30.5 Å². The fourth-order valence-corrected chi connectivity index (χ4v) is 5.55. The molecule has 0 radical (unpaired) electrons. The minimum Gasteiger partial charge on any atom is -0.325 e. The summed E-state index contributed by atoms with van der Waals surface area (Å²) in [5.41, 5.74) is 9.40. The lowest BCUT2D eigenvalue weighted by Crippen LogP contribution is -2.74. The van der Waals surface area contributed by atoms with E-state index < -0.39 is 6.04 Å². The van der Waals surface area contributed by atoms with E-state index in [1.807, 2.05) is 18.2 Å². The van der Waals surface area contributed by atoms with Gasteiger partial charge in [-0.2, -0.15) is 0 Å². The summed E-state index contributed by atoms with van der Waals surface area (Å²) in [5.74, 6) is -0.754. The Kier molecular flexibility index (Phi) is 3.52. The molecule has 1 unspecified atom stereocenters. The molecule has 0 aromatic heterocycles. The molecule has 4 N–H and O–H groups in total. The monoisotopic (exact) mass is 368 g/mol. The van der Waals surface area contributed by atoms with Crippen LogP contribution in [0.1, 0.15) is 53.6 Å². The van der Waals surface area contributed by atoms with Crippen molar-refractivity contribution in [3.63, 3.8) is 0 Å². The molecule has 5 aliphatic rings. The number of benzene rings is 1. The number of nitrogens with zero attached hydrogens (tertiary/aromatic N) is 1. The van der Waals surface area contributed by atoms with E-state index in [2.05, 4.69) is 10.6 Å².